The molecule has 1 aromatic carbocycles. The summed E-state index contributed by atoms with van der Waals surface area (Å²) in [6.45, 7) is 4.34. The Morgan fingerprint density at radius 2 is 1.97 bits per heavy atom. The number of rotatable bonds is 6. The smallest absolute Gasteiger partial charge is 0.181 e. The fourth-order valence-electron chi connectivity index (χ4n) is 3.91. The largest absolute Gasteiger partial charge is 0.379 e. The molecule has 0 atom stereocenters. The zero-order chi connectivity index (χ0) is 22.8. The molecule has 8 nitrogen and oxygen atoms in total. The van der Waals surface area contributed by atoms with Crippen LogP contribution in [0.1, 0.15) is 17.1 Å². The first-order chi connectivity index (χ1) is 16.0. The minimum atomic E-state index is 0.451. The van der Waals surface area contributed by atoms with Crippen LogP contribution in [0.2, 0.25) is 5.02 Å². The maximum Gasteiger partial charge on any atom is 0.181 e. The summed E-state index contributed by atoms with van der Waals surface area (Å²) < 4.78 is 9.85. The monoisotopic (exact) mass is 527 g/mol. The summed E-state index contributed by atoms with van der Waals surface area (Å²) in [4.78, 5) is 11.6. The minimum absolute atomic E-state index is 0.451. The van der Waals surface area contributed by atoms with Crippen molar-refractivity contribution in [1.29, 1.82) is 0 Å². The Morgan fingerprint density at radius 1 is 1.12 bits per heavy atom. The minimum Gasteiger partial charge on any atom is -0.379 e. The molecule has 0 N–H and O–H groups in total. The van der Waals surface area contributed by atoms with Crippen molar-refractivity contribution < 1.29 is 4.74 Å². The van der Waals surface area contributed by atoms with Gasteiger partial charge in [-0.25, -0.2) is 9.67 Å². The van der Waals surface area contributed by atoms with Crippen molar-refractivity contribution in [3.63, 3.8) is 0 Å². The Morgan fingerprint density at radius 3 is 2.73 bits per heavy atom. The Bertz CT molecular complexity index is 1270. The summed E-state index contributed by atoms with van der Waals surface area (Å²) >= 11 is 9.88. The second-order valence-corrected chi connectivity index (χ2v) is 9.31. The highest BCUT2D eigenvalue weighted by Gasteiger charge is 2.18. The summed E-state index contributed by atoms with van der Waals surface area (Å²) in [6.07, 6.45) is 5.74. The molecule has 0 saturated carbocycles. The zero-order valence-electron chi connectivity index (χ0n) is 18.2. The second kappa shape index (κ2) is 9.72. The van der Waals surface area contributed by atoms with Gasteiger partial charge in [-0.2, -0.15) is 5.10 Å². The number of aryl methyl sites for hydroxylation is 1. The molecule has 1 aliphatic heterocycles. The van der Waals surface area contributed by atoms with Crippen LogP contribution in [0.3, 0.4) is 0 Å². The van der Waals surface area contributed by atoms with Crippen LogP contribution >= 0.6 is 27.5 Å². The molecule has 1 aliphatic rings. The van der Waals surface area contributed by atoms with E-state index in [2.05, 4.69) is 49.1 Å². The van der Waals surface area contributed by atoms with Crippen LogP contribution in [0.4, 0.5) is 0 Å². The quantitative estimate of drug-likeness (QED) is 0.378. The van der Waals surface area contributed by atoms with Crippen LogP contribution in [0.25, 0.3) is 17.1 Å². The van der Waals surface area contributed by atoms with Gasteiger partial charge in [0.2, 0.25) is 0 Å². The molecule has 0 amide bonds. The van der Waals surface area contributed by atoms with E-state index in [-0.39, 0.29) is 0 Å². The van der Waals surface area contributed by atoms with E-state index in [0.717, 1.165) is 60.1 Å². The molecule has 10 heteroatoms. The van der Waals surface area contributed by atoms with E-state index in [4.69, 9.17) is 26.4 Å². The van der Waals surface area contributed by atoms with E-state index in [9.17, 15) is 0 Å². The molecule has 4 aromatic rings. The first-order valence-corrected chi connectivity index (χ1v) is 11.9. The van der Waals surface area contributed by atoms with E-state index < -0.39 is 0 Å². The van der Waals surface area contributed by atoms with Crippen molar-refractivity contribution in [3.8, 4) is 17.1 Å². The van der Waals surface area contributed by atoms with Gasteiger partial charge in [-0.05, 0) is 33.6 Å². The van der Waals surface area contributed by atoms with Gasteiger partial charge < -0.3 is 4.74 Å². The van der Waals surface area contributed by atoms with E-state index >= 15 is 0 Å². The van der Waals surface area contributed by atoms with Crippen LogP contribution in [-0.2, 0) is 24.8 Å². The molecule has 3 aromatic heterocycles. The maximum absolute atomic E-state index is 6.38. The summed E-state index contributed by atoms with van der Waals surface area (Å²) in [5.41, 5.74) is 3.76. The fraction of sp³-hybridized carbons (Fsp3) is 0.304. The third-order valence-electron chi connectivity index (χ3n) is 5.48. The van der Waals surface area contributed by atoms with Crippen molar-refractivity contribution in [1.82, 2.24) is 34.4 Å². The number of pyridine rings is 1. The molecule has 33 heavy (non-hydrogen) atoms. The van der Waals surface area contributed by atoms with Crippen molar-refractivity contribution in [2.45, 2.75) is 13.0 Å². The van der Waals surface area contributed by atoms with Crippen molar-refractivity contribution >= 4 is 27.5 Å². The molecule has 5 rings (SSSR count). The van der Waals surface area contributed by atoms with Gasteiger partial charge in [-0.1, -0.05) is 29.8 Å². The molecule has 170 valence electrons. The number of hydrogen-bond donors (Lipinski definition) is 0. The molecule has 0 spiro atoms. The first kappa shape index (κ1) is 22.2. The van der Waals surface area contributed by atoms with Gasteiger partial charge in [0.15, 0.2) is 5.82 Å². The molecule has 0 bridgehead atoms. The fourth-order valence-corrected chi connectivity index (χ4v) is 4.50. The average Bonchev–Trinajstić information content (AvgIpc) is 3.37. The Kier molecular flexibility index (Phi) is 6.55. The standard InChI is InChI=1S/C23H23BrClN7O/c1-30-15-20(25)21(28-30)11-22-27-23(29-32(22)19-10-18(24)12-26-13-19)17-4-2-3-16(9-17)14-31-5-7-33-8-6-31/h2-4,9-10,12-13,15H,5-8,11,14H2,1H3. The Hall–Kier alpha value is -2.59. The highest BCUT2D eigenvalue weighted by molar-refractivity contribution is 9.10. The van der Waals surface area contributed by atoms with Gasteiger partial charge in [-0.15, -0.1) is 5.10 Å². The molecular formula is C23H23BrClN7O. The lowest BCUT2D eigenvalue weighted by Crippen LogP contribution is -2.35. The predicted molar refractivity (Wildman–Crippen MR) is 129 cm³/mol. The second-order valence-electron chi connectivity index (χ2n) is 7.99. The number of ether oxygens (including phenoxy) is 1. The normalized spacial score (nSPS) is 14.6. The van der Waals surface area contributed by atoms with Crippen LogP contribution in [0.5, 0.6) is 0 Å². The van der Waals surface area contributed by atoms with Crippen LogP contribution in [0, 0.1) is 0 Å². The zero-order valence-corrected chi connectivity index (χ0v) is 20.5. The molecular weight excluding hydrogens is 506 g/mol. The lowest BCUT2D eigenvalue weighted by Gasteiger charge is -2.26. The lowest BCUT2D eigenvalue weighted by atomic mass is 10.1. The Balaban J connectivity index is 1.50. The van der Waals surface area contributed by atoms with Crippen LogP contribution in [0.15, 0.2) is 53.4 Å². The van der Waals surface area contributed by atoms with E-state index in [1.165, 1.54) is 5.56 Å². The maximum atomic E-state index is 6.38. The SMILES string of the molecule is Cn1cc(Cl)c(Cc2nc(-c3cccc(CN4CCOCC4)c3)nn2-c2cncc(Br)c2)n1. The molecule has 0 radical (unpaired) electrons. The number of benzene rings is 1. The van der Waals surface area contributed by atoms with Crippen molar-refractivity contribution in [2.24, 2.45) is 7.05 Å². The van der Waals surface area contributed by atoms with Gasteiger partial charge in [-0.3, -0.25) is 14.6 Å². The molecule has 0 aliphatic carbocycles. The Labute approximate surface area is 205 Å². The summed E-state index contributed by atoms with van der Waals surface area (Å²) in [5, 5.41) is 9.93. The van der Waals surface area contributed by atoms with E-state index in [1.54, 1.807) is 23.3 Å². The lowest BCUT2D eigenvalue weighted by molar-refractivity contribution is 0.0342. The highest BCUT2D eigenvalue weighted by atomic mass is 79.9. The number of hydrogen-bond acceptors (Lipinski definition) is 6. The van der Waals surface area contributed by atoms with Crippen molar-refractivity contribution in [3.05, 3.63) is 75.5 Å². The summed E-state index contributed by atoms with van der Waals surface area (Å²) in [7, 11) is 1.85. The molecule has 1 saturated heterocycles. The van der Waals surface area contributed by atoms with Gasteiger partial charge in [0, 0.05) is 49.1 Å². The number of halogens is 2. The average molecular weight is 529 g/mol. The predicted octanol–water partition coefficient (Wildman–Crippen LogP) is 3.90. The van der Waals surface area contributed by atoms with Gasteiger partial charge in [0.25, 0.3) is 0 Å². The molecule has 1 fully saturated rings. The number of morpholine rings is 1. The number of aromatic nitrogens is 6. The third kappa shape index (κ3) is 5.16. The van der Waals surface area contributed by atoms with Crippen molar-refractivity contribution in [2.75, 3.05) is 26.3 Å². The van der Waals surface area contributed by atoms with Gasteiger partial charge in [0.1, 0.15) is 5.82 Å². The highest BCUT2D eigenvalue weighted by Crippen LogP contribution is 2.24. The topological polar surface area (TPSA) is 73.9 Å². The van der Waals surface area contributed by atoms with E-state index in [1.807, 2.05) is 23.9 Å². The van der Waals surface area contributed by atoms with Crippen LogP contribution in [-0.4, -0.2) is 60.7 Å². The van der Waals surface area contributed by atoms with E-state index in [0.29, 0.717) is 17.3 Å². The summed E-state index contributed by atoms with van der Waals surface area (Å²) in [5.74, 6) is 1.39. The van der Waals surface area contributed by atoms with Gasteiger partial charge >= 0.3 is 0 Å². The van der Waals surface area contributed by atoms with Gasteiger partial charge in [0.05, 0.1) is 42.2 Å². The molecule has 0 unspecified atom stereocenters. The summed E-state index contributed by atoms with van der Waals surface area (Å²) in [6, 6.07) is 10.4. The first-order valence-electron chi connectivity index (χ1n) is 10.7. The number of nitrogens with zero attached hydrogens (tertiary/aromatic N) is 7. The van der Waals surface area contributed by atoms with Crippen LogP contribution < -0.4 is 0 Å². The third-order valence-corrected chi connectivity index (χ3v) is 6.23. The molecule has 4 heterocycles.